The number of aryl methyl sites for hydroxylation is 1. The molecule has 4 rings (SSSR count). The van der Waals surface area contributed by atoms with Crippen LogP contribution in [0.15, 0.2) is 65.6 Å². The summed E-state index contributed by atoms with van der Waals surface area (Å²) in [6.07, 6.45) is 3.26. The maximum atomic E-state index is 14.0. The second kappa shape index (κ2) is 10.8. The van der Waals surface area contributed by atoms with Gasteiger partial charge >= 0.3 is 0 Å². The number of methoxy groups -OCH3 is 1. The largest absolute Gasteiger partial charge is 0.497 e. The molecule has 1 aliphatic rings. The number of halogens is 2. The molecule has 0 heterocycles. The lowest BCUT2D eigenvalue weighted by atomic mass is 9.91. The Bertz CT molecular complexity index is 1270. The van der Waals surface area contributed by atoms with Gasteiger partial charge in [-0.05, 0) is 85.7 Å². The highest BCUT2D eigenvalue weighted by Crippen LogP contribution is 2.26. The van der Waals surface area contributed by atoms with Crippen LogP contribution in [0.5, 0.6) is 5.75 Å². The summed E-state index contributed by atoms with van der Waals surface area (Å²) in [5.41, 5.74) is 3.10. The molecule has 0 amide bonds. The van der Waals surface area contributed by atoms with Crippen molar-refractivity contribution in [1.82, 2.24) is 10.0 Å². The lowest BCUT2D eigenvalue weighted by molar-refractivity contribution is 0.328. The maximum Gasteiger partial charge on any atom is 0.240 e. The van der Waals surface area contributed by atoms with Crippen LogP contribution in [-0.4, -0.2) is 27.6 Å². The molecule has 3 aromatic carbocycles. The maximum absolute atomic E-state index is 14.0. The smallest absolute Gasteiger partial charge is 0.240 e. The van der Waals surface area contributed by atoms with Crippen LogP contribution in [-0.2, 0) is 16.6 Å². The summed E-state index contributed by atoms with van der Waals surface area (Å²) in [7, 11) is -2.04. The summed E-state index contributed by atoms with van der Waals surface area (Å²) < 4.78 is 61.0. The summed E-state index contributed by atoms with van der Waals surface area (Å²) in [6, 6.07) is 15.5. The summed E-state index contributed by atoms with van der Waals surface area (Å²) in [6.45, 7) is 2.83. The first-order valence-electron chi connectivity index (χ1n) is 11.7. The van der Waals surface area contributed by atoms with Crippen molar-refractivity contribution in [2.45, 2.75) is 56.1 Å². The zero-order valence-corrected chi connectivity index (χ0v) is 20.7. The highest BCUT2D eigenvalue weighted by Gasteiger charge is 2.25. The van der Waals surface area contributed by atoms with Gasteiger partial charge < -0.3 is 10.1 Å². The van der Waals surface area contributed by atoms with Crippen LogP contribution in [0.1, 0.15) is 36.8 Å². The lowest BCUT2D eigenvalue weighted by Gasteiger charge is -2.30. The molecule has 186 valence electrons. The molecular formula is C27H30F2N2O3S. The van der Waals surface area contributed by atoms with E-state index >= 15 is 0 Å². The third-order valence-corrected chi connectivity index (χ3v) is 8.12. The normalized spacial score (nSPS) is 18.4. The zero-order valence-electron chi connectivity index (χ0n) is 19.9. The van der Waals surface area contributed by atoms with Crippen LogP contribution < -0.4 is 14.8 Å². The van der Waals surface area contributed by atoms with Gasteiger partial charge in [0.15, 0.2) is 0 Å². The molecule has 1 saturated carbocycles. The molecule has 35 heavy (non-hydrogen) atoms. The first kappa shape index (κ1) is 25.3. The van der Waals surface area contributed by atoms with Gasteiger partial charge in [0.2, 0.25) is 10.0 Å². The van der Waals surface area contributed by atoms with E-state index in [9.17, 15) is 17.2 Å². The predicted octanol–water partition coefficient (Wildman–Crippen LogP) is 5.33. The van der Waals surface area contributed by atoms with Gasteiger partial charge in [-0.1, -0.05) is 18.2 Å². The molecule has 0 aliphatic heterocycles. The molecule has 2 N–H and O–H groups in total. The van der Waals surface area contributed by atoms with E-state index < -0.39 is 21.7 Å². The molecular weight excluding hydrogens is 470 g/mol. The van der Waals surface area contributed by atoms with E-state index in [0.717, 1.165) is 44.0 Å². The summed E-state index contributed by atoms with van der Waals surface area (Å²) in [5, 5.41) is 3.59. The van der Waals surface area contributed by atoms with E-state index in [0.29, 0.717) is 11.6 Å². The molecule has 3 aromatic rings. The molecule has 0 saturated heterocycles. The molecule has 0 aromatic heterocycles. The first-order chi connectivity index (χ1) is 16.7. The highest BCUT2D eigenvalue weighted by atomic mass is 32.2. The second-order valence-electron chi connectivity index (χ2n) is 8.99. The molecule has 8 heteroatoms. The Labute approximate surface area is 205 Å². The third-order valence-electron chi connectivity index (χ3n) is 6.59. The van der Waals surface area contributed by atoms with Crippen LogP contribution in [0.4, 0.5) is 8.78 Å². The minimum absolute atomic E-state index is 0.124. The fourth-order valence-corrected chi connectivity index (χ4v) is 5.79. The predicted molar refractivity (Wildman–Crippen MR) is 133 cm³/mol. The Balaban J connectivity index is 1.30. The van der Waals surface area contributed by atoms with Crippen LogP contribution in [0, 0.1) is 18.6 Å². The fourth-order valence-electron chi connectivity index (χ4n) is 4.49. The van der Waals surface area contributed by atoms with Crippen LogP contribution in [0.3, 0.4) is 0 Å². The van der Waals surface area contributed by atoms with Crippen molar-refractivity contribution in [2.75, 3.05) is 7.11 Å². The molecule has 0 atom stereocenters. The van der Waals surface area contributed by atoms with Gasteiger partial charge in [0, 0.05) is 30.3 Å². The van der Waals surface area contributed by atoms with Crippen molar-refractivity contribution < 1.29 is 21.9 Å². The number of rotatable bonds is 8. The molecule has 5 nitrogen and oxygen atoms in total. The molecule has 0 spiro atoms. The van der Waals surface area contributed by atoms with Crippen molar-refractivity contribution in [3.8, 4) is 16.9 Å². The number of sulfonamides is 1. The van der Waals surface area contributed by atoms with E-state index in [2.05, 4.69) is 23.0 Å². The lowest BCUT2D eigenvalue weighted by Crippen LogP contribution is -2.42. The van der Waals surface area contributed by atoms with Gasteiger partial charge in [0.05, 0.1) is 12.0 Å². The summed E-state index contributed by atoms with van der Waals surface area (Å²) >= 11 is 0. The number of nitrogens with one attached hydrogen (secondary N) is 2. The topological polar surface area (TPSA) is 67.4 Å². The zero-order chi connectivity index (χ0) is 25.0. The van der Waals surface area contributed by atoms with E-state index in [1.807, 2.05) is 12.1 Å². The minimum atomic E-state index is -3.70. The second-order valence-corrected chi connectivity index (χ2v) is 10.7. The van der Waals surface area contributed by atoms with Crippen molar-refractivity contribution in [2.24, 2.45) is 0 Å². The Morgan fingerprint density at radius 3 is 2.23 bits per heavy atom. The standard InChI is InChI=1S/C27H30F2N2O3S/c1-18-15-24(34-2)11-3-20(18)17-30-22-7-9-23(10-8-22)31-35(32,33)25-12-4-19(5-13-25)26-14-6-21(28)16-27(26)29/h3-6,11-16,22-23,30-31H,7-10,17H2,1-2H3. The van der Waals surface area contributed by atoms with Gasteiger partial charge in [-0.15, -0.1) is 0 Å². The molecule has 0 unspecified atom stereocenters. The van der Waals surface area contributed by atoms with Crippen LogP contribution in [0.2, 0.25) is 0 Å². The minimum Gasteiger partial charge on any atom is -0.497 e. The van der Waals surface area contributed by atoms with Gasteiger partial charge in [0.25, 0.3) is 0 Å². The fraction of sp³-hybridized carbons (Fsp3) is 0.333. The van der Waals surface area contributed by atoms with Gasteiger partial charge in [0.1, 0.15) is 17.4 Å². The van der Waals surface area contributed by atoms with Crippen molar-refractivity contribution in [1.29, 1.82) is 0 Å². The summed E-state index contributed by atoms with van der Waals surface area (Å²) in [4.78, 5) is 0.124. The van der Waals surface area contributed by atoms with Crippen LogP contribution in [0.25, 0.3) is 11.1 Å². The Hall–Kier alpha value is -2.81. The SMILES string of the molecule is COc1ccc(CNC2CCC(NS(=O)(=O)c3ccc(-c4ccc(F)cc4F)cc3)CC2)c(C)c1. The Kier molecular flexibility index (Phi) is 7.84. The van der Waals surface area contributed by atoms with Crippen LogP contribution >= 0.6 is 0 Å². The van der Waals surface area contributed by atoms with E-state index in [4.69, 9.17) is 4.74 Å². The quantitative estimate of drug-likeness (QED) is 0.439. The Morgan fingerprint density at radius 1 is 0.914 bits per heavy atom. The van der Waals surface area contributed by atoms with Crippen molar-refractivity contribution in [3.05, 3.63) is 83.4 Å². The number of hydrogen-bond donors (Lipinski definition) is 2. The van der Waals surface area contributed by atoms with Gasteiger partial charge in [-0.2, -0.15) is 0 Å². The third kappa shape index (κ3) is 6.25. The van der Waals surface area contributed by atoms with E-state index in [1.54, 1.807) is 7.11 Å². The average Bonchev–Trinajstić information content (AvgIpc) is 2.84. The molecule has 1 fully saturated rings. The number of benzene rings is 3. The monoisotopic (exact) mass is 500 g/mol. The van der Waals surface area contributed by atoms with E-state index in [-0.39, 0.29) is 16.5 Å². The number of ether oxygens (including phenoxy) is 1. The van der Waals surface area contributed by atoms with Crippen molar-refractivity contribution >= 4 is 10.0 Å². The highest BCUT2D eigenvalue weighted by molar-refractivity contribution is 7.89. The molecule has 1 aliphatic carbocycles. The summed E-state index contributed by atoms with van der Waals surface area (Å²) in [5.74, 6) is -0.502. The molecule has 0 radical (unpaired) electrons. The first-order valence-corrected chi connectivity index (χ1v) is 13.2. The average molecular weight is 501 g/mol. The molecule has 0 bridgehead atoms. The van der Waals surface area contributed by atoms with Gasteiger partial charge in [-0.3, -0.25) is 0 Å². The van der Waals surface area contributed by atoms with Gasteiger partial charge in [-0.25, -0.2) is 21.9 Å². The van der Waals surface area contributed by atoms with Crippen molar-refractivity contribution in [3.63, 3.8) is 0 Å². The number of hydrogen-bond acceptors (Lipinski definition) is 4. The van der Waals surface area contributed by atoms with E-state index in [1.165, 1.54) is 47.5 Å². The Morgan fingerprint density at radius 2 is 1.60 bits per heavy atom.